The molecule has 1 heterocycles. The van der Waals surface area contributed by atoms with Gasteiger partial charge in [0.25, 0.3) is 5.91 Å². The van der Waals surface area contributed by atoms with Crippen LogP contribution >= 0.6 is 34.7 Å². The summed E-state index contributed by atoms with van der Waals surface area (Å²) in [6, 6.07) is 12.7. The van der Waals surface area contributed by atoms with Gasteiger partial charge in [-0.3, -0.25) is 10.1 Å². The lowest BCUT2D eigenvalue weighted by atomic mass is 10.3. The van der Waals surface area contributed by atoms with E-state index in [1.807, 2.05) is 0 Å². The first-order valence-corrected chi connectivity index (χ1v) is 8.77. The number of carbonyl (C=O) groups is 2. The van der Waals surface area contributed by atoms with Gasteiger partial charge in [0.05, 0.1) is 0 Å². The van der Waals surface area contributed by atoms with Gasteiger partial charge in [-0.25, -0.2) is 4.79 Å². The highest BCUT2D eigenvalue weighted by Gasteiger charge is 2.19. The molecule has 0 spiro atoms. The van der Waals surface area contributed by atoms with Crippen LogP contribution in [-0.4, -0.2) is 21.5 Å². The molecule has 7 nitrogen and oxygen atoms in total. The molecule has 0 radical (unpaired) electrons. The average molecular weight is 408 g/mol. The number of carbonyl (C=O) groups excluding carboxylic acids is 2. The fraction of sp³-hybridized carbons (Fsp3) is 0. The minimum atomic E-state index is -0.532. The van der Waals surface area contributed by atoms with Crippen LogP contribution in [0.3, 0.4) is 0 Å². The summed E-state index contributed by atoms with van der Waals surface area (Å²) in [5, 5.41) is 12.9. The molecule has 132 valence electrons. The van der Waals surface area contributed by atoms with Crippen molar-refractivity contribution in [3.05, 3.63) is 64.3 Å². The van der Waals surface area contributed by atoms with Crippen LogP contribution in [0.1, 0.15) is 10.5 Å². The van der Waals surface area contributed by atoms with E-state index in [1.165, 1.54) is 0 Å². The summed E-state index contributed by atoms with van der Waals surface area (Å²) < 4.78 is 3.72. The van der Waals surface area contributed by atoms with Crippen molar-refractivity contribution in [1.82, 2.24) is 9.59 Å². The van der Waals surface area contributed by atoms with Crippen molar-refractivity contribution in [1.29, 1.82) is 0 Å². The highest BCUT2D eigenvalue weighted by atomic mass is 35.5. The topological polar surface area (TPSA) is 96.0 Å². The van der Waals surface area contributed by atoms with Gasteiger partial charge in [0.1, 0.15) is 0 Å². The number of nitrogens with one attached hydrogen (secondary N) is 3. The summed E-state index contributed by atoms with van der Waals surface area (Å²) in [7, 11) is 0. The number of anilines is 3. The van der Waals surface area contributed by atoms with Crippen LogP contribution in [0.5, 0.6) is 0 Å². The molecular formula is C16H11Cl2N5O2S. The predicted molar refractivity (Wildman–Crippen MR) is 103 cm³/mol. The summed E-state index contributed by atoms with van der Waals surface area (Å²) in [5.74, 6) is -0.511. The van der Waals surface area contributed by atoms with Crippen molar-refractivity contribution in [2.75, 3.05) is 16.0 Å². The molecule has 0 unspecified atom stereocenters. The van der Waals surface area contributed by atoms with E-state index in [1.54, 1.807) is 48.5 Å². The molecule has 0 fully saturated rings. The SMILES string of the molecule is O=C(Nc1ccc(Cl)cc1)Nc1snnc1C(=O)Nc1cccc(Cl)c1. The second kappa shape index (κ2) is 8.13. The molecule has 10 heteroatoms. The smallest absolute Gasteiger partial charge is 0.320 e. The third-order valence-electron chi connectivity index (χ3n) is 3.11. The van der Waals surface area contributed by atoms with E-state index in [2.05, 4.69) is 25.5 Å². The minimum Gasteiger partial charge on any atom is -0.320 e. The van der Waals surface area contributed by atoms with Crippen LogP contribution in [-0.2, 0) is 0 Å². The summed E-state index contributed by atoms with van der Waals surface area (Å²) in [6.07, 6.45) is 0. The van der Waals surface area contributed by atoms with Crippen molar-refractivity contribution in [2.45, 2.75) is 0 Å². The number of aromatic nitrogens is 2. The second-order valence-corrected chi connectivity index (χ2v) is 6.63. The van der Waals surface area contributed by atoms with E-state index < -0.39 is 11.9 Å². The average Bonchev–Trinajstić information content (AvgIpc) is 3.05. The summed E-state index contributed by atoms with van der Waals surface area (Å²) in [4.78, 5) is 24.4. The Hall–Kier alpha value is -2.68. The zero-order chi connectivity index (χ0) is 18.5. The summed E-state index contributed by atoms with van der Waals surface area (Å²) >= 11 is 12.6. The first kappa shape index (κ1) is 18.1. The van der Waals surface area contributed by atoms with Crippen molar-refractivity contribution in [3.63, 3.8) is 0 Å². The van der Waals surface area contributed by atoms with Crippen molar-refractivity contribution >= 4 is 63.0 Å². The molecule has 3 rings (SSSR count). The normalized spacial score (nSPS) is 10.2. The Labute approximate surface area is 162 Å². The lowest BCUT2D eigenvalue weighted by Gasteiger charge is -2.07. The second-order valence-electron chi connectivity index (χ2n) is 5.00. The zero-order valence-corrected chi connectivity index (χ0v) is 15.3. The Balaban J connectivity index is 1.66. The van der Waals surface area contributed by atoms with E-state index >= 15 is 0 Å². The molecule has 3 N–H and O–H groups in total. The molecule has 0 atom stereocenters. The summed E-state index contributed by atoms with van der Waals surface area (Å²) in [6.45, 7) is 0. The van der Waals surface area contributed by atoms with Crippen LogP contribution in [0.2, 0.25) is 10.0 Å². The van der Waals surface area contributed by atoms with Gasteiger partial charge >= 0.3 is 6.03 Å². The molecular weight excluding hydrogens is 397 g/mol. The van der Waals surface area contributed by atoms with Gasteiger partial charge < -0.3 is 10.6 Å². The maximum absolute atomic E-state index is 12.3. The van der Waals surface area contributed by atoms with Crippen LogP contribution in [0.4, 0.5) is 21.2 Å². The van der Waals surface area contributed by atoms with Gasteiger partial charge in [-0.05, 0) is 42.5 Å². The van der Waals surface area contributed by atoms with E-state index in [-0.39, 0.29) is 10.7 Å². The van der Waals surface area contributed by atoms with E-state index in [0.29, 0.717) is 21.4 Å². The van der Waals surface area contributed by atoms with E-state index in [9.17, 15) is 9.59 Å². The number of hydrogen-bond acceptors (Lipinski definition) is 5. The highest BCUT2D eigenvalue weighted by Crippen LogP contribution is 2.21. The molecule has 0 bridgehead atoms. The Morgan fingerprint density at radius 1 is 0.885 bits per heavy atom. The fourth-order valence-electron chi connectivity index (χ4n) is 1.98. The largest absolute Gasteiger partial charge is 0.324 e. The maximum Gasteiger partial charge on any atom is 0.324 e. The minimum absolute atomic E-state index is 0.00114. The summed E-state index contributed by atoms with van der Waals surface area (Å²) in [5.41, 5.74) is 1.06. The van der Waals surface area contributed by atoms with Crippen molar-refractivity contribution in [2.24, 2.45) is 0 Å². The lowest BCUT2D eigenvalue weighted by molar-refractivity contribution is 0.102. The Morgan fingerprint density at radius 2 is 1.65 bits per heavy atom. The quantitative estimate of drug-likeness (QED) is 0.581. The number of rotatable bonds is 4. The molecule has 1 aromatic heterocycles. The number of urea groups is 1. The monoisotopic (exact) mass is 407 g/mol. The Morgan fingerprint density at radius 3 is 2.38 bits per heavy atom. The Bertz CT molecular complexity index is 946. The third-order valence-corrected chi connectivity index (χ3v) is 4.24. The molecule has 26 heavy (non-hydrogen) atoms. The molecule has 0 aliphatic carbocycles. The predicted octanol–water partition coefficient (Wildman–Crippen LogP) is 4.74. The van der Waals surface area contributed by atoms with Crippen molar-refractivity contribution in [3.8, 4) is 0 Å². The molecule has 3 amide bonds. The van der Waals surface area contributed by atoms with Crippen molar-refractivity contribution < 1.29 is 9.59 Å². The third kappa shape index (κ3) is 4.69. The first-order valence-electron chi connectivity index (χ1n) is 7.24. The number of benzene rings is 2. The van der Waals surface area contributed by atoms with E-state index in [0.717, 1.165) is 11.5 Å². The van der Waals surface area contributed by atoms with Crippen LogP contribution in [0, 0.1) is 0 Å². The standard InChI is InChI=1S/C16H11Cl2N5O2S/c17-9-4-6-11(7-5-9)20-16(25)21-15-13(22-23-26-15)14(24)19-12-3-1-2-10(18)8-12/h1-8H,(H,19,24)(H2,20,21,25). The van der Waals surface area contributed by atoms with Gasteiger partial charge in [0.2, 0.25) is 0 Å². The number of nitrogens with zero attached hydrogens (tertiary/aromatic N) is 2. The van der Waals surface area contributed by atoms with Crippen LogP contribution in [0.25, 0.3) is 0 Å². The van der Waals surface area contributed by atoms with Gasteiger partial charge in [0, 0.05) is 33.0 Å². The number of halogens is 2. The van der Waals surface area contributed by atoms with Gasteiger partial charge in [-0.2, -0.15) is 0 Å². The zero-order valence-electron chi connectivity index (χ0n) is 13.0. The fourth-order valence-corrected chi connectivity index (χ4v) is 2.86. The number of amides is 3. The molecule has 0 saturated carbocycles. The van der Waals surface area contributed by atoms with Gasteiger partial charge in [-0.15, -0.1) is 5.10 Å². The molecule has 2 aromatic carbocycles. The van der Waals surface area contributed by atoms with E-state index in [4.69, 9.17) is 23.2 Å². The maximum atomic E-state index is 12.3. The number of hydrogen-bond donors (Lipinski definition) is 3. The Kier molecular flexibility index (Phi) is 5.67. The van der Waals surface area contributed by atoms with Gasteiger partial charge in [0.15, 0.2) is 10.7 Å². The van der Waals surface area contributed by atoms with Gasteiger partial charge in [-0.1, -0.05) is 33.8 Å². The highest BCUT2D eigenvalue weighted by molar-refractivity contribution is 7.10. The molecule has 0 aliphatic rings. The molecule has 3 aromatic rings. The van der Waals surface area contributed by atoms with Crippen LogP contribution < -0.4 is 16.0 Å². The molecule has 0 aliphatic heterocycles. The van der Waals surface area contributed by atoms with Crippen LogP contribution in [0.15, 0.2) is 48.5 Å². The lowest BCUT2D eigenvalue weighted by Crippen LogP contribution is -2.21. The molecule has 0 saturated heterocycles. The first-order chi connectivity index (χ1) is 12.5.